The van der Waals surface area contributed by atoms with Gasteiger partial charge in [-0.3, -0.25) is 4.55 Å². The molecule has 1 aromatic carbocycles. The van der Waals surface area contributed by atoms with Gasteiger partial charge in [0.05, 0.1) is 4.90 Å². The highest BCUT2D eigenvalue weighted by Gasteiger charge is 2.12. The lowest BCUT2D eigenvalue weighted by molar-refractivity contribution is 0.483. The molecule has 0 unspecified atom stereocenters. The van der Waals surface area contributed by atoms with Crippen LogP contribution in [0.3, 0.4) is 0 Å². The molecular weight excluding hydrogens is 200 g/mol. The zero-order valence-electron chi connectivity index (χ0n) is 8.53. The van der Waals surface area contributed by atoms with Crippen LogP contribution in [0.5, 0.6) is 0 Å². The summed E-state index contributed by atoms with van der Waals surface area (Å²) in [5, 5.41) is 0. The van der Waals surface area contributed by atoms with Crippen LogP contribution in [0.4, 0.5) is 0 Å². The van der Waals surface area contributed by atoms with E-state index < -0.39 is 10.1 Å². The van der Waals surface area contributed by atoms with Gasteiger partial charge in [0.15, 0.2) is 0 Å². The van der Waals surface area contributed by atoms with Gasteiger partial charge in [-0.1, -0.05) is 6.92 Å². The zero-order chi connectivity index (χ0) is 10.9. The Bertz CT molecular complexity index is 423. The molecule has 0 spiro atoms. The molecule has 1 N–H and O–H groups in total. The van der Waals surface area contributed by atoms with Gasteiger partial charge in [0.25, 0.3) is 10.1 Å². The highest BCUT2D eigenvalue weighted by atomic mass is 32.2. The van der Waals surface area contributed by atoms with E-state index in [-0.39, 0.29) is 4.90 Å². The summed E-state index contributed by atoms with van der Waals surface area (Å²) in [4.78, 5) is -0.0234. The van der Waals surface area contributed by atoms with Crippen molar-refractivity contribution in [3.8, 4) is 0 Å². The molecule has 0 aliphatic heterocycles. The van der Waals surface area contributed by atoms with E-state index >= 15 is 0 Å². The van der Waals surface area contributed by atoms with Crippen LogP contribution >= 0.6 is 0 Å². The van der Waals surface area contributed by atoms with Crippen molar-refractivity contribution >= 4 is 10.1 Å². The first-order chi connectivity index (χ1) is 6.36. The Balaban J connectivity index is 3.43. The average Bonchev–Trinajstić information content (AvgIpc) is 2.01. The first kappa shape index (κ1) is 11.2. The molecule has 0 saturated heterocycles. The summed E-state index contributed by atoms with van der Waals surface area (Å²) in [6.07, 6.45) is 0.865. The van der Waals surface area contributed by atoms with E-state index in [1.54, 1.807) is 0 Å². The van der Waals surface area contributed by atoms with E-state index in [2.05, 4.69) is 0 Å². The Hall–Kier alpha value is -0.870. The van der Waals surface area contributed by atoms with Crippen LogP contribution in [-0.4, -0.2) is 13.0 Å². The van der Waals surface area contributed by atoms with Crippen LogP contribution < -0.4 is 0 Å². The monoisotopic (exact) mass is 214 g/mol. The SMILES string of the molecule is CCc1c(C)cc(S(=O)(=O)O)cc1C. The first-order valence-electron chi connectivity index (χ1n) is 4.44. The first-order valence-corrected chi connectivity index (χ1v) is 5.88. The lowest BCUT2D eigenvalue weighted by atomic mass is 10.0. The van der Waals surface area contributed by atoms with Gasteiger partial charge in [-0.05, 0) is 49.1 Å². The highest BCUT2D eigenvalue weighted by molar-refractivity contribution is 7.85. The van der Waals surface area contributed by atoms with E-state index in [4.69, 9.17) is 4.55 Å². The maximum absolute atomic E-state index is 10.9. The van der Waals surface area contributed by atoms with Crippen LogP contribution in [0, 0.1) is 13.8 Å². The topological polar surface area (TPSA) is 54.4 Å². The van der Waals surface area contributed by atoms with Crippen LogP contribution in [0.2, 0.25) is 0 Å². The smallest absolute Gasteiger partial charge is 0.282 e. The fourth-order valence-electron chi connectivity index (χ4n) is 1.66. The summed E-state index contributed by atoms with van der Waals surface area (Å²) >= 11 is 0. The Morgan fingerprint density at radius 3 is 1.93 bits per heavy atom. The molecule has 3 nitrogen and oxygen atoms in total. The van der Waals surface area contributed by atoms with Crippen LogP contribution in [0.15, 0.2) is 17.0 Å². The van der Waals surface area contributed by atoms with Crippen molar-refractivity contribution < 1.29 is 13.0 Å². The molecular formula is C10H14O3S. The van der Waals surface area contributed by atoms with Gasteiger partial charge in [0, 0.05) is 0 Å². The van der Waals surface area contributed by atoms with Crippen LogP contribution in [0.25, 0.3) is 0 Å². The van der Waals surface area contributed by atoms with Gasteiger partial charge >= 0.3 is 0 Å². The second-order valence-corrected chi connectivity index (χ2v) is 4.79. The summed E-state index contributed by atoms with van der Waals surface area (Å²) < 4.78 is 30.7. The quantitative estimate of drug-likeness (QED) is 0.767. The molecule has 14 heavy (non-hydrogen) atoms. The maximum Gasteiger partial charge on any atom is 0.294 e. The largest absolute Gasteiger partial charge is 0.294 e. The van der Waals surface area contributed by atoms with Crippen molar-refractivity contribution in [1.29, 1.82) is 0 Å². The van der Waals surface area contributed by atoms with Gasteiger partial charge in [-0.15, -0.1) is 0 Å². The molecule has 1 rings (SSSR count). The second-order valence-electron chi connectivity index (χ2n) is 3.36. The summed E-state index contributed by atoms with van der Waals surface area (Å²) in [6, 6.07) is 3.00. The second kappa shape index (κ2) is 3.71. The Kier molecular flexibility index (Phi) is 2.97. The predicted molar refractivity (Wildman–Crippen MR) is 55.1 cm³/mol. The summed E-state index contributed by atoms with van der Waals surface area (Å²) in [6.45, 7) is 5.71. The van der Waals surface area contributed by atoms with Crippen molar-refractivity contribution in [2.75, 3.05) is 0 Å². The van der Waals surface area contributed by atoms with E-state index in [9.17, 15) is 8.42 Å². The van der Waals surface area contributed by atoms with E-state index in [1.165, 1.54) is 12.1 Å². The third kappa shape index (κ3) is 2.13. The molecule has 0 fully saturated rings. The molecule has 0 atom stereocenters. The number of hydrogen-bond acceptors (Lipinski definition) is 2. The minimum absolute atomic E-state index is 0.0234. The number of rotatable bonds is 2. The summed E-state index contributed by atoms with van der Waals surface area (Å²) in [5.74, 6) is 0. The molecule has 0 bridgehead atoms. The Labute approximate surface area is 84.5 Å². The third-order valence-corrected chi connectivity index (χ3v) is 3.15. The van der Waals surface area contributed by atoms with Crippen LogP contribution in [-0.2, 0) is 16.5 Å². The predicted octanol–water partition coefficient (Wildman–Crippen LogP) is 2.11. The van der Waals surface area contributed by atoms with Gasteiger partial charge in [0.1, 0.15) is 0 Å². The number of aryl methyl sites for hydroxylation is 2. The summed E-state index contributed by atoms with van der Waals surface area (Å²) in [7, 11) is -4.07. The van der Waals surface area contributed by atoms with Gasteiger partial charge in [0.2, 0.25) is 0 Å². The molecule has 0 heterocycles. The van der Waals surface area contributed by atoms with E-state index in [1.807, 2.05) is 20.8 Å². The number of benzene rings is 1. The lowest BCUT2D eigenvalue weighted by Gasteiger charge is -2.09. The van der Waals surface area contributed by atoms with Gasteiger partial charge in [-0.25, -0.2) is 0 Å². The van der Waals surface area contributed by atoms with Crippen molar-refractivity contribution in [2.24, 2.45) is 0 Å². The normalized spacial score (nSPS) is 11.7. The molecule has 0 aliphatic carbocycles. The molecule has 78 valence electrons. The van der Waals surface area contributed by atoms with E-state index in [0.29, 0.717) is 0 Å². The van der Waals surface area contributed by atoms with Crippen molar-refractivity contribution in [3.05, 3.63) is 28.8 Å². The zero-order valence-corrected chi connectivity index (χ0v) is 9.35. The maximum atomic E-state index is 10.9. The van der Waals surface area contributed by atoms with Gasteiger partial charge < -0.3 is 0 Å². The molecule has 0 aromatic heterocycles. The lowest BCUT2D eigenvalue weighted by Crippen LogP contribution is -2.01. The van der Waals surface area contributed by atoms with Crippen LogP contribution in [0.1, 0.15) is 23.6 Å². The fourth-order valence-corrected chi connectivity index (χ4v) is 2.31. The Morgan fingerprint density at radius 2 is 1.64 bits per heavy atom. The Morgan fingerprint density at radius 1 is 1.21 bits per heavy atom. The molecule has 1 aromatic rings. The highest BCUT2D eigenvalue weighted by Crippen LogP contribution is 2.20. The molecule has 0 amide bonds. The molecule has 0 saturated carbocycles. The average molecular weight is 214 g/mol. The van der Waals surface area contributed by atoms with Crippen molar-refractivity contribution in [2.45, 2.75) is 32.1 Å². The van der Waals surface area contributed by atoms with Crippen molar-refractivity contribution in [1.82, 2.24) is 0 Å². The summed E-state index contributed by atoms with van der Waals surface area (Å²) in [5.41, 5.74) is 2.94. The van der Waals surface area contributed by atoms with Gasteiger partial charge in [-0.2, -0.15) is 8.42 Å². The molecule has 4 heteroatoms. The molecule has 0 aliphatic rings. The fraction of sp³-hybridized carbons (Fsp3) is 0.400. The number of hydrogen-bond donors (Lipinski definition) is 1. The standard InChI is InChI=1S/C10H14O3S/c1-4-10-7(2)5-9(6-8(10)3)14(11,12)13/h5-6H,4H2,1-3H3,(H,11,12,13). The van der Waals surface area contributed by atoms with Crippen molar-refractivity contribution in [3.63, 3.8) is 0 Å². The minimum Gasteiger partial charge on any atom is -0.282 e. The minimum atomic E-state index is -4.07. The third-order valence-electron chi connectivity index (χ3n) is 2.32. The van der Waals surface area contributed by atoms with E-state index in [0.717, 1.165) is 23.1 Å². The molecule has 0 radical (unpaired) electrons.